The fourth-order valence-corrected chi connectivity index (χ4v) is 2.32. The first kappa shape index (κ1) is 11.6. The summed E-state index contributed by atoms with van der Waals surface area (Å²) in [7, 11) is 0. The fraction of sp³-hybridized carbons (Fsp3) is 0.273. The highest BCUT2D eigenvalue weighted by atomic mass is 32.2. The van der Waals surface area contributed by atoms with Crippen molar-refractivity contribution in [2.75, 3.05) is 12.3 Å². The predicted molar refractivity (Wildman–Crippen MR) is 64.5 cm³/mol. The minimum atomic E-state index is -0.169. The minimum Gasteiger partial charge on any atom is -0.273 e. The van der Waals surface area contributed by atoms with Gasteiger partial charge in [-0.3, -0.25) is 14.5 Å². The molecule has 1 saturated heterocycles. The first-order valence-corrected chi connectivity index (χ1v) is 6.10. The molecule has 2 rings (SSSR count). The fourth-order valence-electron chi connectivity index (χ4n) is 1.57. The highest BCUT2D eigenvalue weighted by molar-refractivity contribution is 8.14. The van der Waals surface area contributed by atoms with Crippen LogP contribution in [0.2, 0.25) is 0 Å². The molecule has 0 aromatic heterocycles. The SMILES string of the molecule is N#[N+]c1ccc(CCN2C(=O)CSC2=O)cc1. The minimum absolute atomic E-state index is 0.123. The molecule has 5 nitrogen and oxygen atoms in total. The van der Waals surface area contributed by atoms with E-state index in [1.54, 1.807) is 12.1 Å². The van der Waals surface area contributed by atoms with Gasteiger partial charge in [0, 0.05) is 18.7 Å². The molecule has 1 aliphatic heterocycles. The van der Waals surface area contributed by atoms with Gasteiger partial charge in [0.2, 0.25) is 11.3 Å². The van der Waals surface area contributed by atoms with Crippen LogP contribution in [-0.2, 0) is 11.2 Å². The van der Waals surface area contributed by atoms with Gasteiger partial charge in [-0.25, -0.2) is 0 Å². The molecule has 0 radical (unpaired) electrons. The van der Waals surface area contributed by atoms with Crippen molar-refractivity contribution < 1.29 is 9.59 Å². The summed E-state index contributed by atoms with van der Waals surface area (Å²) in [5.74, 6) is 0.128. The zero-order chi connectivity index (χ0) is 12.3. The Balaban J connectivity index is 1.95. The van der Waals surface area contributed by atoms with Crippen molar-refractivity contribution in [2.45, 2.75) is 6.42 Å². The average Bonchev–Trinajstić information content (AvgIpc) is 2.67. The van der Waals surface area contributed by atoms with Gasteiger partial charge in [-0.1, -0.05) is 23.9 Å². The highest BCUT2D eigenvalue weighted by Gasteiger charge is 2.29. The molecule has 0 spiro atoms. The lowest BCUT2D eigenvalue weighted by molar-refractivity contribution is -0.124. The molecular formula is C11H10N3O2S+. The molecule has 86 valence electrons. The van der Waals surface area contributed by atoms with E-state index in [1.165, 1.54) is 4.90 Å². The Kier molecular flexibility index (Phi) is 3.40. The van der Waals surface area contributed by atoms with Crippen LogP contribution in [0.25, 0.3) is 4.98 Å². The molecule has 1 heterocycles. The molecule has 0 bridgehead atoms. The molecule has 0 unspecified atom stereocenters. The van der Waals surface area contributed by atoms with E-state index in [-0.39, 0.29) is 16.9 Å². The van der Waals surface area contributed by atoms with Gasteiger partial charge in [0.05, 0.1) is 5.75 Å². The van der Waals surface area contributed by atoms with E-state index >= 15 is 0 Å². The van der Waals surface area contributed by atoms with Crippen molar-refractivity contribution in [2.24, 2.45) is 0 Å². The zero-order valence-corrected chi connectivity index (χ0v) is 9.81. The maximum atomic E-state index is 11.3. The topological polar surface area (TPSA) is 65.5 Å². The molecule has 0 aliphatic carbocycles. The van der Waals surface area contributed by atoms with Crippen LogP contribution in [0.5, 0.6) is 0 Å². The Morgan fingerprint density at radius 1 is 1.29 bits per heavy atom. The number of diazo groups is 1. The molecular weight excluding hydrogens is 238 g/mol. The predicted octanol–water partition coefficient (Wildman–Crippen LogP) is 2.41. The largest absolute Gasteiger partial charge is 0.385 e. The van der Waals surface area contributed by atoms with E-state index in [0.717, 1.165) is 17.3 Å². The number of hydrogen-bond acceptors (Lipinski definition) is 4. The first-order valence-electron chi connectivity index (χ1n) is 5.12. The van der Waals surface area contributed by atoms with Crippen molar-refractivity contribution in [1.29, 1.82) is 5.39 Å². The molecule has 0 saturated carbocycles. The third-order valence-corrected chi connectivity index (χ3v) is 3.38. The maximum absolute atomic E-state index is 11.3. The van der Waals surface area contributed by atoms with Crippen molar-refractivity contribution in [3.05, 3.63) is 34.8 Å². The number of imide groups is 1. The van der Waals surface area contributed by atoms with Crippen LogP contribution in [0.1, 0.15) is 5.56 Å². The van der Waals surface area contributed by atoms with Gasteiger partial charge < -0.3 is 0 Å². The quantitative estimate of drug-likeness (QED) is 0.770. The molecule has 0 atom stereocenters. The molecule has 2 amide bonds. The van der Waals surface area contributed by atoms with Crippen LogP contribution in [0, 0.1) is 5.39 Å². The van der Waals surface area contributed by atoms with Gasteiger partial charge in [0.25, 0.3) is 5.24 Å². The molecule has 1 aliphatic rings. The third-order valence-electron chi connectivity index (χ3n) is 2.52. The second-order valence-corrected chi connectivity index (χ2v) is 4.54. The number of carbonyl (C=O) groups excluding carboxylic acids is 2. The van der Waals surface area contributed by atoms with Crippen molar-refractivity contribution in [3.8, 4) is 0 Å². The van der Waals surface area contributed by atoms with Crippen molar-refractivity contribution in [3.63, 3.8) is 0 Å². The number of benzene rings is 1. The maximum Gasteiger partial charge on any atom is 0.385 e. The summed E-state index contributed by atoms with van der Waals surface area (Å²) < 4.78 is 0. The van der Waals surface area contributed by atoms with Crippen LogP contribution in [0.3, 0.4) is 0 Å². The third kappa shape index (κ3) is 2.63. The summed E-state index contributed by atoms with van der Waals surface area (Å²) in [4.78, 5) is 27.0. The number of amides is 2. The number of rotatable bonds is 3. The lowest BCUT2D eigenvalue weighted by Crippen LogP contribution is -2.30. The van der Waals surface area contributed by atoms with Gasteiger partial charge in [-0.05, 0) is 12.0 Å². The van der Waals surface area contributed by atoms with Gasteiger partial charge in [-0.2, -0.15) is 0 Å². The standard InChI is InChI=1S/C11H10N3O2S/c12-13-9-3-1-8(2-4-9)5-6-14-10(15)7-17-11(14)16/h1-4H,5-7H2/q+1. The summed E-state index contributed by atoms with van der Waals surface area (Å²) in [5, 5.41) is 8.36. The summed E-state index contributed by atoms with van der Waals surface area (Å²) in [5.41, 5.74) is 1.48. The van der Waals surface area contributed by atoms with Crippen LogP contribution >= 0.6 is 11.8 Å². The van der Waals surface area contributed by atoms with E-state index in [2.05, 4.69) is 4.98 Å². The smallest absolute Gasteiger partial charge is 0.273 e. The Bertz CT molecular complexity index is 476. The van der Waals surface area contributed by atoms with Crippen LogP contribution in [0.4, 0.5) is 10.5 Å². The van der Waals surface area contributed by atoms with Crippen molar-refractivity contribution >= 4 is 28.6 Å². The van der Waals surface area contributed by atoms with Crippen LogP contribution in [-0.4, -0.2) is 28.3 Å². The molecule has 1 aromatic rings. The van der Waals surface area contributed by atoms with E-state index < -0.39 is 0 Å². The Labute approximate surface area is 102 Å². The molecule has 6 heteroatoms. The van der Waals surface area contributed by atoms with Gasteiger partial charge in [0.1, 0.15) is 0 Å². The Hall–Kier alpha value is -1.87. The summed E-state index contributed by atoms with van der Waals surface area (Å²) in [6.45, 7) is 0.403. The monoisotopic (exact) mass is 248 g/mol. The molecule has 1 aromatic carbocycles. The van der Waals surface area contributed by atoms with Gasteiger partial charge in [0.15, 0.2) is 4.98 Å². The lowest BCUT2D eigenvalue weighted by Gasteiger charge is -2.11. The number of nitrogens with zero attached hydrogens (tertiary/aromatic N) is 3. The highest BCUT2D eigenvalue weighted by Crippen LogP contribution is 2.19. The second kappa shape index (κ2) is 4.97. The van der Waals surface area contributed by atoms with Crippen LogP contribution < -0.4 is 0 Å². The summed E-state index contributed by atoms with van der Waals surface area (Å²) in [6.07, 6.45) is 0.615. The van der Waals surface area contributed by atoms with E-state index in [0.29, 0.717) is 18.7 Å². The first-order chi connectivity index (χ1) is 8.20. The number of carbonyl (C=O) groups is 2. The Morgan fingerprint density at radius 3 is 2.53 bits per heavy atom. The van der Waals surface area contributed by atoms with E-state index in [9.17, 15) is 9.59 Å². The van der Waals surface area contributed by atoms with Crippen molar-refractivity contribution in [1.82, 2.24) is 4.90 Å². The normalized spacial score (nSPS) is 15.1. The van der Waals surface area contributed by atoms with Gasteiger partial charge >= 0.3 is 5.69 Å². The van der Waals surface area contributed by atoms with Crippen LogP contribution in [0.15, 0.2) is 24.3 Å². The molecule has 1 fully saturated rings. The summed E-state index contributed by atoms with van der Waals surface area (Å²) in [6, 6.07) is 6.98. The van der Waals surface area contributed by atoms with E-state index in [4.69, 9.17) is 5.39 Å². The van der Waals surface area contributed by atoms with E-state index in [1.807, 2.05) is 12.1 Å². The zero-order valence-electron chi connectivity index (χ0n) is 9.00. The van der Waals surface area contributed by atoms with Gasteiger partial charge in [-0.15, -0.1) is 0 Å². The molecule has 0 N–H and O–H groups in total. The lowest BCUT2D eigenvalue weighted by atomic mass is 10.1. The second-order valence-electron chi connectivity index (χ2n) is 3.62. The summed E-state index contributed by atoms with van der Waals surface area (Å²) >= 11 is 1.04. The average molecular weight is 248 g/mol. The molecule has 17 heavy (non-hydrogen) atoms. The number of thioether (sulfide) groups is 1. The Morgan fingerprint density at radius 2 is 2.00 bits per heavy atom. The number of hydrogen-bond donors (Lipinski definition) is 0.